The molecule has 1 aromatic rings. The van der Waals surface area contributed by atoms with Crippen LogP contribution in [0.25, 0.3) is 0 Å². The van der Waals surface area contributed by atoms with E-state index in [-0.39, 0.29) is 23.6 Å². The second-order valence-corrected chi connectivity index (χ2v) is 5.54. The average Bonchev–Trinajstić information content (AvgIpc) is 2.30. The van der Waals surface area contributed by atoms with Crippen molar-refractivity contribution in [2.45, 2.75) is 39.8 Å². The van der Waals surface area contributed by atoms with Crippen LogP contribution in [-0.2, 0) is 0 Å². The molecule has 98 valence electrons. The third-order valence-corrected chi connectivity index (χ3v) is 3.36. The highest BCUT2D eigenvalue weighted by atomic mass is 79.9. The number of hydrogen-bond acceptors (Lipinski definition) is 3. The Bertz CT molecular complexity index is 514. The molecule has 1 heterocycles. The molecule has 0 fully saturated rings. The van der Waals surface area contributed by atoms with Crippen LogP contribution in [0.2, 0.25) is 0 Å². The summed E-state index contributed by atoms with van der Waals surface area (Å²) in [5.41, 5.74) is 0.475. The normalized spacial score (nSPS) is 12.6. The van der Waals surface area contributed by atoms with E-state index in [1.165, 1.54) is 4.68 Å². The van der Waals surface area contributed by atoms with E-state index < -0.39 is 0 Å². The Morgan fingerprint density at radius 1 is 1.44 bits per heavy atom. The fraction of sp³-hybridized carbons (Fsp3) is 0.538. The minimum atomic E-state index is -0.158. The molecule has 1 unspecified atom stereocenters. The fourth-order valence-corrected chi connectivity index (χ4v) is 1.88. The van der Waals surface area contributed by atoms with Crippen LogP contribution in [-0.4, -0.2) is 15.8 Å². The van der Waals surface area contributed by atoms with E-state index in [4.69, 9.17) is 6.42 Å². The zero-order chi connectivity index (χ0) is 13.9. The Hall–Kier alpha value is -1.28. The van der Waals surface area contributed by atoms with Crippen molar-refractivity contribution >= 4 is 21.6 Å². The summed E-state index contributed by atoms with van der Waals surface area (Å²) in [7, 11) is 0. The van der Waals surface area contributed by atoms with Crippen LogP contribution in [0.4, 0.5) is 5.69 Å². The minimum Gasteiger partial charge on any atom is -0.369 e. The minimum absolute atomic E-state index is 0.0244. The van der Waals surface area contributed by atoms with Crippen molar-refractivity contribution in [3.63, 3.8) is 0 Å². The molecule has 4 nitrogen and oxygen atoms in total. The third-order valence-electron chi connectivity index (χ3n) is 2.59. The second kappa shape index (κ2) is 6.05. The van der Waals surface area contributed by atoms with Crippen LogP contribution in [0.15, 0.2) is 15.5 Å². The molecule has 0 aromatic carbocycles. The number of aromatic nitrogens is 2. The molecule has 0 bridgehead atoms. The van der Waals surface area contributed by atoms with Crippen LogP contribution >= 0.6 is 15.9 Å². The molecule has 0 radical (unpaired) electrons. The quantitative estimate of drug-likeness (QED) is 0.870. The second-order valence-electron chi connectivity index (χ2n) is 4.75. The zero-order valence-electron chi connectivity index (χ0n) is 11.1. The lowest BCUT2D eigenvalue weighted by Crippen LogP contribution is -2.29. The number of halogens is 1. The number of rotatable bonds is 4. The highest BCUT2D eigenvalue weighted by molar-refractivity contribution is 9.10. The number of anilines is 1. The van der Waals surface area contributed by atoms with E-state index in [0.717, 1.165) is 0 Å². The van der Waals surface area contributed by atoms with Crippen molar-refractivity contribution in [3.8, 4) is 12.3 Å². The molecule has 0 aliphatic heterocycles. The van der Waals surface area contributed by atoms with Gasteiger partial charge in [-0.25, -0.2) is 4.68 Å². The molecular weight excluding hydrogens is 294 g/mol. The maximum absolute atomic E-state index is 12.0. The Balaban J connectivity index is 3.11. The van der Waals surface area contributed by atoms with Gasteiger partial charge in [0.15, 0.2) is 0 Å². The predicted octanol–water partition coefficient (Wildman–Crippen LogP) is 2.66. The van der Waals surface area contributed by atoms with Gasteiger partial charge in [-0.15, -0.1) is 6.42 Å². The van der Waals surface area contributed by atoms with Gasteiger partial charge in [0.1, 0.15) is 4.47 Å². The van der Waals surface area contributed by atoms with Gasteiger partial charge in [0.25, 0.3) is 5.56 Å². The molecule has 0 saturated heterocycles. The molecule has 0 amide bonds. The standard InChI is InChI=1S/C13H18BrN3O/c1-6-10(8(2)3)16-11-7-15-17(9(4)5)13(18)12(11)14/h1,7-10,16H,2-5H3. The number of terminal acetylenes is 1. The van der Waals surface area contributed by atoms with E-state index in [1.807, 2.05) is 27.7 Å². The van der Waals surface area contributed by atoms with Crippen molar-refractivity contribution in [3.05, 3.63) is 21.0 Å². The molecule has 0 spiro atoms. The molecule has 5 heteroatoms. The van der Waals surface area contributed by atoms with Crippen molar-refractivity contribution in [2.24, 2.45) is 5.92 Å². The highest BCUT2D eigenvalue weighted by Gasteiger charge is 2.15. The van der Waals surface area contributed by atoms with Gasteiger partial charge in [-0.1, -0.05) is 19.8 Å². The van der Waals surface area contributed by atoms with Crippen LogP contribution < -0.4 is 10.9 Å². The van der Waals surface area contributed by atoms with Crippen LogP contribution in [0, 0.1) is 18.3 Å². The Morgan fingerprint density at radius 3 is 2.50 bits per heavy atom. The maximum Gasteiger partial charge on any atom is 0.283 e. The Morgan fingerprint density at radius 2 is 2.06 bits per heavy atom. The van der Waals surface area contributed by atoms with E-state index in [1.54, 1.807) is 6.20 Å². The summed E-state index contributed by atoms with van der Waals surface area (Å²) in [5.74, 6) is 2.94. The van der Waals surface area contributed by atoms with Gasteiger partial charge in [0, 0.05) is 0 Å². The van der Waals surface area contributed by atoms with Crippen molar-refractivity contribution in [1.29, 1.82) is 0 Å². The summed E-state index contributed by atoms with van der Waals surface area (Å²) in [5, 5.41) is 7.27. The molecule has 0 saturated carbocycles. The van der Waals surface area contributed by atoms with Gasteiger partial charge in [-0.2, -0.15) is 5.10 Å². The molecule has 1 atom stereocenters. The Labute approximate surface area is 116 Å². The van der Waals surface area contributed by atoms with Crippen molar-refractivity contribution in [1.82, 2.24) is 9.78 Å². The van der Waals surface area contributed by atoms with Gasteiger partial charge < -0.3 is 5.32 Å². The SMILES string of the molecule is C#CC(Nc1cnn(C(C)C)c(=O)c1Br)C(C)C. The van der Waals surface area contributed by atoms with E-state index in [9.17, 15) is 4.79 Å². The van der Waals surface area contributed by atoms with Gasteiger partial charge in [0.2, 0.25) is 0 Å². The first-order valence-corrected chi connectivity index (χ1v) is 6.67. The lowest BCUT2D eigenvalue weighted by Gasteiger charge is -2.19. The third kappa shape index (κ3) is 3.14. The van der Waals surface area contributed by atoms with E-state index >= 15 is 0 Å². The molecule has 0 aliphatic carbocycles. The average molecular weight is 312 g/mol. The monoisotopic (exact) mass is 311 g/mol. The van der Waals surface area contributed by atoms with Crippen LogP contribution in [0.5, 0.6) is 0 Å². The predicted molar refractivity (Wildman–Crippen MR) is 77.7 cm³/mol. The highest BCUT2D eigenvalue weighted by Crippen LogP contribution is 2.19. The summed E-state index contributed by atoms with van der Waals surface area (Å²) in [6, 6.07) is -0.103. The molecule has 18 heavy (non-hydrogen) atoms. The maximum atomic E-state index is 12.0. The fourth-order valence-electron chi connectivity index (χ4n) is 1.48. The van der Waals surface area contributed by atoms with E-state index in [2.05, 4.69) is 32.3 Å². The number of nitrogens with zero attached hydrogens (tertiary/aromatic N) is 2. The first-order chi connectivity index (χ1) is 8.38. The number of hydrogen-bond donors (Lipinski definition) is 1. The van der Waals surface area contributed by atoms with Gasteiger partial charge in [-0.3, -0.25) is 4.79 Å². The topological polar surface area (TPSA) is 46.9 Å². The van der Waals surface area contributed by atoms with Gasteiger partial charge >= 0.3 is 0 Å². The van der Waals surface area contributed by atoms with E-state index in [0.29, 0.717) is 10.2 Å². The van der Waals surface area contributed by atoms with Crippen molar-refractivity contribution < 1.29 is 0 Å². The summed E-state index contributed by atoms with van der Waals surface area (Å²) >= 11 is 3.30. The van der Waals surface area contributed by atoms with Gasteiger partial charge in [0.05, 0.1) is 24.0 Å². The lowest BCUT2D eigenvalue weighted by molar-refractivity contribution is 0.500. The summed E-state index contributed by atoms with van der Waals surface area (Å²) in [4.78, 5) is 12.0. The lowest BCUT2D eigenvalue weighted by atomic mass is 10.1. The first-order valence-electron chi connectivity index (χ1n) is 5.88. The van der Waals surface area contributed by atoms with Crippen molar-refractivity contribution in [2.75, 3.05) is 5.32 Å². The molecule has 1 rings (SSSR count). The smallest absolute Gasteiger partial charge is 0.283 e. The molecule has 1 aromatic heterocycles. The summed E-state index contributed by atoms with van der Waals surface area (Å²) in [6.07, 6.45) is 7.08. The zero-order valence-corrected chi connectivity index (χ0v) is 12.7. The Kier molecular flexibility index (Phi) is 4.97. The molecular formula is C13H18BrN3O. The largest absolute Gasteiger partial charge is 0.369 e. The first kappa shape index (κ1) is 14.8. The molecule has 0 aliphatic rings. The number of nitrogens with one attached hydrogen (secondary N) is 1. The van der Waals surface area contributed by atoms with Crippen LogP contribution in [0.3, 0.4) is 0 Å². The summed E-state index contributed by atoms with van der Waals surface area (Å²) in [6.45, 7) is 7.86. The summed E-state index contributed by atoms with van der Waals surface area (Å²) < 4.78 is 1.89. The van der Waals surface area contributed by atoms with Gasteiger partial charge in [-0.05, 0) is 35.7 Å². The van der Waals surface area contributed by atoms with Crippen LogP contribution in [0.1, 0.15) is 33.7 Å². The molecule has 1 N–H and O–H groups in total.